The van der Waals surface area contributed by atoms with Crippen molar-refractivity contribution in [3.63, 3.8) is 0 Å². The Bertz CT molecular complexity index is 782. The van der Waals surface area contributed by atoms with Gasteiger partial charge >= 0.3 is 0 Å². The zero-order valence-electron chi connectivity index (χ0n) is 16.5. The van der Waals surface area contributed by atoms with E-state index in [1.54, 1.807) is 5.48 Å². The molecule has 0 bridgehead atoms. The molecule has 2 heterocycles. The molecule has 3 rings (SSSR count). The second-order valence-electron chi connectivity index (χ2n) is 7.49. The minimum Gasteiger partial charge on any atom is -0.296 e. The molecule has 2 N–H and O–H groups in total. The number of rotatable bonds is 7. The number of carbonyl (C=O) groups is 1. The van der Waals surface area contributed by atoms with Crippen LogP contribution < -0.4 is 5.48 Å². The zero-order chi connectivity index (χ0) is 19.4. The van der Waals surface area contributed by atoms with Crippen molar-refractivity contribution in [1.82, 2.24) is 20.2 Å². The Morgan fingerprint density at radius 1 is 1.26 bits per heavy atom. The van der Waals surface area contributed by atoms with Gasteiger partial charge in [-0.05, 0) is 62.8 Å². The second kappa shape index (κ2) is 8.67. The van der Waals surface area contributed by atoms with Crippen LogP contribution >= 0.6 is 0 Å². The Balaban J connectivity index is 1.61. The summed E-state index contributed by atoms with van der Waals surface area (Å²) in [5.41, 5.74) is 7.93. The molecule has 2 aromatic rings. The van der Waals surface area contributed by atoms with Gasteiger partial charge in [0.2, 0.25) is 5.91 Å². The third-order valence-corrected chi connectivity index (χ3v) is 5.80. The van der Waals surface area contributed by atoms with Crippen LogP contribution in [0.5, 0.6) is 0 Å². The minimum atomic E-state index is -0.345. The lowest BCUT2D eigenvalue weighted by molar-refractivity contribution is -0.129. The van der Waals surface area contributed by atoms with Crippen molar-refractivity contribution < 1.29 is 10.0 Å². The Kier molecular flexibility index (Phi) is 6.29. The smallest absolute Gasteiger partial charge is 0.243 e. The van der Waals surface area contributed by atoms with Gasteiger partial charge in [0.1, 0.15) is 0 Å². The van der Waals surface area contributed by atoms with Crippen molar-refractivity contribution in [2.45, 2.75) is 52.0 Å². The van der Waals surface area contributed by atoms with Crippen molar-refractivity contribution >= 4 is 5.91 Å². The van der Waals surface area contributed by atoms with Crippen molar-refractivity contribution in [2.24, 2.45) is 7.05 Å². The van der Waals surface area contributed by atoms with E-state index in [-0.39, 0.29) is 5.91 Å². The minimum absolute atomic E-state index is 0.301. The number of nitrogens with zero attached hydrogens (tertiary/aromatic N) is 3. The molecule has 0 radical (unpaired) electrons. The average Bonchev–Trinajstić information content (AvgIpc) is 3.23. The maximum absolute atomic E-state index is 11.2. The first-order chi connectivity index (χ1) is 13.0. The SMILES string of the molecule is Cc1nn(C)c(C)c1CCN1CCCC1c1ccc(CCC(=O)NO)cc1. The number of hydrogen-bond donors (Lipinski definition) is 2. The number of hydrogen-bond acceptors (Lipinski definition) is 4. The summed E-state index contributed by atoms with van der Waals surface area (Å²) in [7, 11) is 2.01. The molecule has 1 aromatic carbocycles. The van der Waals surface area contributed by atoms with E-state index in [0.29, 0.717) is 18.9 Å². The molecule has 1 atom stereocenters. The largest absolute Gasteiger partial charge is 0.296 e. The van der Waals surface area contributed by atoms with E-state index < -0.39 is 0 Å². The molecular weight excluding hydrogens is 340 g/mol. The molecule has 1 saturated heterocycles. The highest BCUT2D eigenvalue weighted by atomic mass is 16.5. The summed E-state index contributed by atoms with van der Waals surface area (Å²) in [6.07, 6.45) is 4.40. The van der Waals surface area contributed by atoms with E-state index in [1.807, 2.05) is 11.7 Å². The predicted molar refractivity (Wildman–Crippen MR) is 105 cm³/mol. The number of nitrogens with one attached hydrogen (secondary N) is 1. The Morgan fingerprint density at radius 2 is 2.00 bits per heavy atom. The van der Waals surface area contributed by atoms with Crippen LogP contribution in [0, 0.1) is 13.8 Å². The van der Waals surface area contributed by atoms with E-state index in [4.69, 9.17) is 5.21 Å². The van der Waals surface area contributed by atoms with Gasteiger partial charge in [-0.1, -0.05) is 24.3 Å². The van der Waals surface area contributed by atoms with Crippen LogP contribution in [0.2, 0.25) is 0 Å². The third kappa shape index (κ3) is 4.57. The topological polar surface area (TPSA) is 70.4 Å². The summed E-state index contributed by atoms with van der Waals surface area (Å²) in [5.74, 6) is -0.345. The number of likely N-dealkylation sites (tertiary alicyclic amines) is 1. The maximum Gasteiger partial charge on any atom is 0.243 e. The van der Waals surface area contributed by atoms with E-state index in [9.17, 15) is 4.79 Å². The maximum atomic E-state index is 11.2. The second-order valence-corrected chi connectivity index (χ2v) is 7.49. The Morgan fingerprint density at radius 3 is 2.63 bits per heavy atom. The van der Waals surface area contributed by atoms with Crippen molar-refractivity contribution in [3.8, 4) is 0 Å². The molecule has 1 aliphatic rings. The highest BCUT2D eigenvalue weighted by Gasteiger charge is 2.26. The summed E-state index contributed by atoms with van der Waals surface area (Å²) >= 11 is 0. The Hall–Kier alpha value is -2.18. The third-order valence-electron chi connectivity index (χ3n) is 5.80. The lowest BCUT2D eigenvalue weighted by atomic mass is 10.0. The molecule has 1 aromatic heterocycles. The number of aromatic nitrogens is 2. The van der Waals surface area contributed by atoms with Crippen LogP contribution in [0.25, 0.3) is 0 Å². The number of benzene rings is 1. The molecule has 1 amide bonds. The molecule has 6 nitrogen and oxygen atoms in total. The summed E-state index contributed by atoms with van der Waals surface area (Å²) in [4.78, 5) is 13.8. The fourth-order valence-electron chi connectivity index (χ4n) is 4.13. The van der Waals surface area contributed by atoms with Gasteiger partial charge in [0.05, 0.1) is 5.69 Å². The molecule has 1 fully saturated rings. The lowest BCUT2D eigenvalue weighted by Crippen LogP contribution is -2.26. The van der Waals surface area contributed by atoms with Crippen LogP contribution in [0.4, 0.5) is 0 Å². The lowest BCUT2D eigenvalue weighted by Gasteiger charge is -2.25. The van der Waals surface area contributed by atoms with E-state index in [2.05, 4.69) is 48.1 Å². The van der Waals surface area contributed by atoms with Crippen LogP contribution in [-0.4, -0.2) is 38.9 Å². The average molecular weight is 370 g/mol. The van der Waals surface area contributed by atoms with Crippen molar-refractivity contribution in [2.75, 3.05) is 13.1 Å². The van der Waals surface area contributed by atoms with E-state index in [1.165, 1.54) is 29.7 Å². The van der Waals surface area contributed by atoms with Gasteiger partial charge < -0.3 is 0 Å². The number of aryl methyl sites for hydroxylation is 3. The Labute approximate surface area is 161 Å². The van der Waals surface area contributed by atoms with Gasteiger partial charge in [0.25, 0.3) is 0 Å². The first-order valence-electron chi connectivity index (χ1n) is 9.74. The molecule has 0 spiro atoms. The van der Waals surface area contributed by atoms with Gasteiger partial charge in [0, 0.05) is 31.7 Å². The van der Waals surface area contributed by atoms with Crippen molar-refractivity contribution in [1.29, 1.82) is 0 Å². The van der Waals surface area contributed by atoms with Gasteiger partial charge in [0.15, 0.2) is 0 Å². The molecule has 6 heteroatoms. The predicted octanol–water partition coefficient (Wildman–Crippen LogP) is 2.85. The number of carbonyl (C=O) groups excluding carboxylic acids is 1. The quantitative estimate of drug-likeness (QED) is 0.581. The van der Waals surface area contributed by atoms with E-state index >= 15 is 0 Å². The zero-order valence-corrected chi connectivity index (χ0v) is 16.5. The molecule has 0 aliphatic carbocycles. The van der Waals surface area contributed by atoms with Crippen LogP contribution in [0.15, 0.2) is 24.3 Å². The van der Waals surface area contributed by atoms with E-state index in [0.717, 1.165) is 30.8 Å². The number of amides is 1. The first-order valence-corrected chi connectivity index (χ1v) is 9.74. The molecule has 27 heavy (non-hydrogen) atoms. The molecule has 146 valence electrons. The van der Waals surface area contributed by atoms with Gasteiger partial charge in [-0.25, -0.2) is 5.48 Å². The molecule has 1 aliphatic heterocycles. The fraction of sp³-hybridized carbons (Fsp3) is 0.524. The first kappa shape index (κ1) is 19.6. The summed E-state index contributed by atoms with van der Waals surface area (Å²) in [5, 5.41) is 13.1. The molecule has 0 saturated carbocycles. The van der Waals surface area contributed by atoms with Crippen LogP contribution in [0.1, 0.15) is 53.4 Å². The standard InChI is InChI=1S/C21H30N4O2/c1-15-19(16(2)24(3)22-15)12-14-25-13-4-5-20(25)18-9-6-17(7-10-18)8-11-21(26)23-27/h6-7,9-10,20,27H,4-5,8,11-14H2,1-3H3,(H,23,26). The summed E-state index contributed by atoms with van der Waals surface area (Å²) in [6.45, 7) is 6.43. The molecule has 1 unspecified atom stereocenters. The summed E-state index contributed by atoms with van der Waals surface area (Å²) < 4.78 is 1.97. The van der Waals surface area contributed by atoms with Crippen molar-refractivity contribution in [3.05, 3.63) is 52.3 Å². The van der Waals surface area contributed by atoms with Gasteiger partial charge in [-0.3, -0.25) is 19.6 Å². The van der Waals surface area contributed by atoms with Gasteiger partial charge in [-0.15, -0.1) is 0 Å². The molecular formula is C21H30N4O2. The summed E-state index contributed by atoms with van der Waals surface area (Å²) in [6, 6.07) is 9.06. The fourth-order valence-corrected chi connectivity index (χ4v) is 4.13. The van der Waals surface area contributed by atoms with Gasteiger partial charge in [-0.2, -0.15) is 5.10 Å². The monoisotopic (exact) mass is 370 g/mol. The normalized spacial score (nSPS) is 17.4. The highest BCUT2D eigenvalue weighted by molar-refractivity contribution is 5.74. The number of hydroxylamine groups is 1. The highest BCUT2D eigenvalue weighted by Crippen LogP contribution is 2.32. The van der Waals surface area contributed by atoms with Crippen LogP contribution in [-0.2, 0) is 24.7 Å². The van der Waals surface area contributed by atoms with Crippen LogP contribution in [0.3, 0.4) is 0 Å².